The summed E-state index contributed by atoms with van der Waals surface area (Å²) in [5.41, 5.74) is 2.50. The van der Waals surface area contributed by atoms with Crippen molar-refractivity contribution in [2.75, 3.05) is 39.2 Å². The molecule has 1 aliphatic heterocycles. The molecule has 1 aliphatic rings. The molecule has 2 amide bonds. The van der Waals surface area contributed by atoms with Gasteiger partial charge in [-0.05, 0) is 55.3 Å². The molecule has 0 spiro atoms. The number of fused-ring (bicyclic) bond motifs is 1. The Morgan fingerprint density at radius 1 is 1.16 bits per heavy atom. The molecule has 3 rings (SSSR count). The van der Waals surface area contributed by atoms with E-state index in [4.69, 9.17) is 4.43 Å². The van der Waals surface area contributed by atoms with Gasteiger partial charge in [0.25, 0.3) is 17.6 Å². The van der Waals surface area contributed by atoms with E-state index in [9.17, 15) is 32.5 Å². The van der Waals surface area contributed by atoms with Crippen LogP contribution in [-0.4, -0.2) is 97.8 Å². The van der Waals surface area contributed by atoms with Crippen LogP contribution >= 0.6 is 0 Å². The summed E-state index contributed by atoms with van der Waals surface area (Å²) in [6.45, 7) is 2.00. The summed E-state index contributed by atoms with van der Waals surface area (Å²) in [5, 5.41) is 12.7. The van der Waals surface area contributed by atoms with Gasteiger partial charge in [-0.3, -0.25) is 19.8 Å². The number of rotatable bonds is 11. The number of carbonyl (C=O) groups is 2. The van der Waals surface area contributed by atoms with Crippen molar-refractivity contribution in [1.29, 1.82) is 0 Å². The Hall–Kier alpha value is -1.94. The average molecular weight is 573 g/mol. The van der Waals surface area contributed by atoms with Crippen LogP contribution in [0.3, 0.4) is 0 Å². The molecule has 200 valence electrons. The molecule has 1 heterocycles. The first-order valence-corrected chi connectivity index (χ1v) is 15.5. The first kappa shape index (κ1) is 32.3. The fourth-order valence-electron chi connectivity index (χ4n) is 4.05. The largest absolute Gasteiger partial charge is 1.00 e. The number of carbonyl (C=O) groups excluding carboxylic acids is 2. The fourth-order valence-corrected chi connectivity index (χ4v) is 5.67. The van der Waals surface area contributed by atoms with Crippen molar-refractivity contribution in [2.45, 2.75) is 19.4 Å². The molecule has 14 heteroatoms. The Morgan fingerprint density at radius 2 is 1.84 bits per heavy atom. The molecule has 0 aromatic heterocycles. The van der Waals surface area contributed by atoms with Gasteiger partial charge in [0.2, 0.25) is 0 Å². The summed E-state index contributed by atoms with van der Waals surface area (Å²) in [4.78, 5) is 36.4. The molecule has 0 bridgehead atoms. The van der Waals surface area contributed by atoms with Crippen LogP contribution in [0.4, 0.5) is 5.69 Å². The molecule has 1 unspecified atom stereocenters. The fraction of sp³-hybridized carbons (Fsp3) is 0.375. The molecule has 11 nitrogen and oxygen atoms in total. The summed E-state index contributed by atoms with van der Waals surface area (Å²) in [5.74, 6) is -1.12. The second-order valence-electron chi connectivity index (χ2n) is 8.87. The minimum absolute atomic E-state index is 0. The van der Waals surface area contributed by atoms with E-state index in [1.165, 1.54) is 20.2 Å². The number of amides is 2. The first-order valence-electron chi connectivity index (χ1n) is 11.6. The minimum Gasteiger partial charge on any atom is -0.748 e. The Labute approximate surface area is 245 Å². The number of benzene rings is 2. The van der Waals surface area contributed by atoms with E-state index in [0.29, 0.717) is 30.1 Å². The number of amidine groups is 1. The SMILES string of the molecule is CO[Si](O)(CO)CCCNC(c1ccc2c(c1)C(=O)N(C)C2=O)=[N+](CCS(=O)(=O)[O-])c1cccc(C)c1.[Na+]. The summed E-state index contributed by atoms with van der Waals surface area (Å²) >= 11 is 0. The minimum atomic E-state index is -4.55. The summed E-state index contributed by atoms with van der Waals surface area (Å²) < 4.78 is 41.3. The molecule has 0 fully saturated rings. The number of hydrogen-bond donors (Lipinski definition) is 3. The zero-order valence-corrected chi connectivity index (χ0v) is 25.7. The first-order chi connectivity index (χ1) is 17.4. The van der Waals surface area contributed by atoms with Crippen LogP contribution in [0.2, 0.25) is 6.04 Å². The standard InChI is InChI=1S/C24H31N3O8SSi.Na/c1-17-6-4-7-19(14-17)27(11-12-36(31,32)33)22(25-10-5-13-37(34,16-28)35-3)18-8-9-20-21(15-18)24(30)26(2)23(20)29;/h4,6-9,14-15,28,34H,5,10-13,16H2,1-3H3,(H,31,32,33);/q;+1. The predicted molar refractivity (Wildman–Crippen MR) is 137 cm³/mol. The topological polar surface area (TPSA) is 159 Å². The Morgan fingerprint density at radius 3 is 2.45 bits per heavy atom. The van der Waals surface area contributed by atoms with Crippen molar-refractivity contribution in [3.63, 3.8) is 0 Å². The number of nitrogens with zero attached hydrogens (tertiary/aromatic N) is 2. The van der Waals surface area contributed by atoms with Crippen LogP contribution in [0.5, 0.6) is 0 Å². The summed E-state index contributed by atoms with van der Waals surface area (Å²) in [6.07, 6.45) is -0.0431. The second-order valence-corrected chi connectivity index (χ2v) is 13.5. The van der Waals surface area contributed by atoms with Gasteiger partial charge in [-0.2, -0.15) is 0 Å². The van der Waals surface area contributed by atoms with Crippen LogP contribution in [0.25, 0.3) is 0 Å². The maximum atomic E-state index is 12.6. The average Bonchev–Trinajstić information content (AvgIpc) is 3.08. The normalized spacial score (nSPS) is 15.5. The molecule has 0 saturated heterocycles. The van der Waals surface area contributed by atoms with Crippen LogP contribution in [0.1, 0.15) is 38.3 Å². The number of aliphatic hydroxyl groups is 1. The van der Waals surface area contributed by atoms with E-state index in [1.54, 1.807) is 28.8 Å². The van der Waals surface area contributed by atoms with Gasteiger partial charge in [0.05, 0.1) is 45.3 Å². The smallest absolute Gasteiger partial charge is 0.748 e. The number of aryl methyl sites for hydroxylation is 1. The monoisotopic (exact) mass is 572 g/mol. The van der Waals surface area contributed by atoms with Crippen LogP contribution < -0.4 is 34.9 Å². The van der Waals surface area contributed by atoms with Crippen molar-refractivity contribution in [3.8, 4) is 0 Å². The van der Waals surface area contributed by atoms with E-state index in [2.05, 4.69) is 5.32 Å². The van der Waals surface area contributed by atoms with E-state index in [1.807, 2.05) is 19.1 Å². The molecule has 2 aromatic rings. The quantitative estimate of drug-likeness (QED) is 0.0501. The molecule has 2 aromatic carbocycles. The molecule has 0 saturated carbocycles. The van der Waals surface area contributed by atoms with Crippen LogP contribution in [0, 0.1) is 6.92 Å². The van der Waals surface area contributed by atoms with Crippen molar-refractivity contribution in [2.24, 2.45) is 0 Å². The Bertz CT molecular complexity index is 1330. The number of hydrogen-bond acceptors (Lipinski definition) is 8. The summed E-state index contributed by atoms with van der Waals surface area (Å²) in [6, 6.07) is 12.3. The number of imide groups is 1. The van der Waals surface area contributed by atoms with Gasteiger partial charge in [0, 0.05) is 14.2 Å². The maximum absolute atomic E-state index is 12.6. The Kier molecular flexibility index (Phi) is 11.4. The van der Waals surface area contributed by atoms with Crippen LogP contribution in [0.15, 0.2) is 42.5 Å². The van der Waals surface area contributed by atoms with Crippen molar-refractivity contribution in [1.82, 2.24) is 10.2 Å². The zero-order chi connectivity index (χ0) is 27.4. The van der Waals surface area contributed by atoms with Gasteiger partial charge in [0.1, 0.15) is 12.2 Å². The molecule has 0 radical (unpaired) electrons. The van der Waals surface area contributed by atoms with Gasteiger partial charge >= 0.3 is 38.1 Å². The van der Waals surface area contributed by atoms with Gasteiger partial charge < -0.3 is 18.9 Å². The third kappa shape index (κ3) is 7.80. The van der Waals surface area contributed by atoms with Crippen molar-refractivity contribution < 1.29 is 71.0 Å². The zero-order valence-electron chi connectivity index (χ0n) is 21.9. The number of aliphatic hydroxyl groups excluding tert-OH is 1. The molecule has 1 atom stereocenters. The van der Waals surface area contributed by atoms with Gasteiger partial charge in [0.15, 0.2) is 0 Å². The van der Waals surface area contributed by atoms with Gasteiger partial charge in [-0.25, -0.2) is 13.0 Å². The number of nitrogens with one attached hydrogen (secondary N) is 1. The van der Waals surface area contributed by atoms with Gasteiger partial charge in [-0.15, -0.1) is 0 Å². The summed E-state index contributed by atoms with van der Waals surface area (Å²) in [7, 11) is -5.05. The van der Waals surface area contributed by atoms with Crippen molar-refractivity contribution >= 4 is 42.0 Å². The molecular formula is C24H31N3NaO8SSi+. The second kappa shape index (κ2) is 13.4. The van der Waals surface area contributed by atoms with Gasteiger partial charge in [-0.1, -0.05) is 12.1 Å². The van der Waals surface area contributed by atoms with E-state index in [-0.39, 0.29) is 53.3 Å². The third-order valence-electron chi connectivity index (χ3n) is 6.17. The third-order valence-corrected chi connectivity index (χ3v) is 9.25. The molecule has 0 aliphatic carbocycles. The van der Waals surface area contributed by atoms with E-state index >= 15 is 0 Å². The maximum Gasteiger partial charge on any atom is 1.00 e. The van der Waals surface area contributed by atoms with Crippen LogP contribution in [-0.2, 0) is 14.5 Å². The molecular weight excluding hydrogens is 541 g/mol. The molecule has 38 heavy (non-hydrogen) atoms. The Balaban J connectivity index is 0.00000507. The van der Waals surface area contributed by atoms with Crippen molar-refractivity contribution in [3.05, 3.63) is 64.7 Å². The van der Waals surface area contributed by atoms with E-state index in [0.717, 1.165) is 10.5 Å². The van der Waals surface area contributed by atoms with E-state index < -0.39 is 42.5 Å². The molecule has 3 N–H and O–H groups in total. The predicted octanol–water partition coefficient (Wildman–Crippen LogP) is -2.55.